The summed E-state index contributed by atoms with van der Waals surface area (Å²) in [5, 5.41) is 3.05. The van der Waals surface area contributed by atoms with E-state index in [4.69, 9.17) is 9.47 Å². The van der Waals surface area contributed by atoms with Crippen molar-refractivity contribution >= 4 is 17.4 Å². The van der Waals surface area contributed by atoms with Gasteiger partial charge in [-0.2, -0.15) is 0 Å². The van der Waals surface area contributed by atoms with Gasteiger partial charge in [-0.3, -0.25) is 0 Å². The van der Waals surface area contributed by atoms with E-state index in [1.807, 2.05) is 47.4 Å². The van der Waals surface area contributed by atoms with Crippen LogP contribution in [0.1, 0.15) is 12.5 Å². The molecule has 1 aliphatic heterocycles. The number of piperazine rings is 1. The van der Waals surface area contributed by atoms with Gasteiger partial charge in [-0.15, -0.1) is 0 Å². The maximum atomic E-state index is 12.7. The number of nitrogens with one attached hydrogen (secondary N) is 1. The molecule has 1 N–H and O–H groups in total. The van der Waals surface area contributed by atoms with E-state index in [0.717, 1.165) is 47.9 Å². The number of para-hydroxylation sites is 1. The normalized spacial score (nSPS) is 14.0. The van der Waals surface area contributed by atoms with Crippen LogP contribution in [0.2, 0.25) is 0 Å². The Hall–Kier alpha value is -2.89. The topological polar surface area (TPSA) is 54.0 Å². The van der Waals surface area contributed by atoms with Gasteiger partial charge in [0.2, 0.25) is 0 Å². The number of amides is 2. The maximum absolute atomic E-state index is 12.7. The Morgan fingerprint density at radius 3 is 2.44 bits per heavy atom. The molecule has 1 aliphatic rings. The zero-order valence-corrected chi connectivity index (χ0v) is 16.2. The van der Waals surface area contributed by atoms with E-state index in [1.165, 1.54) is 0 Å². The van der Waals surface area contributed by atoms with Gasteiger partial charge in [0.25, 0.3) is 0 Å². The first kappa shape index (κ1) is 18.9. The summed E-state index contributed by atoms with van der Waals surface area (Å²) in [6.07, 6.45) is 0.889. The lowest BCUT2D eigenvalue weighted by molar-refractivity contribution is 0.208. The molecule has 0 spiro atoms. The quantitative estimate of drug-likeness (QED) is 0.875. The molecule has 6 nitrogen and oxygen atoms in total. The first-order valence-corrected chi connectivity index (χ1v) is 9.27. The second-order valence-electron chi connectivity index (χ2n) is 6.45. The highest BCUT2D eigenvalue weighted by atomic mass is 16.5. The molecule has 0 aliphatic carbocycles. The molecule has 0 radical (unpaired) electrons. The molecule has 0 aromatic heterocycles. The predicted octanol–water partition coefficient (Wildman–Crippen LogP) is 3.62. The number of rotatable bonds is 5. The van der Waals surface area contributed by atoms with E-state index in [0.29, 0.717) is 13.1 Å². The van der Waals surface area contributed by atoms with Crippen LogP contribution in [0, 0.1) is 0 Å². The standard InChI is InChI=1S/C21H27N3O3/c1-4-16-7-5-6-8-18(16)22-21(25)24-13-11-23(12-14-24)19-15-17(26-2)9-10-20(19)27-3/h5-10,15H,4,11-14H2,1-3H3,(H,22,25). The number of benzene rings is 2. The van der Waals surface area contributed by atoms with E-state index in [-0.39, 0.29) is 6.03 Å². The maximum Gasteiger partial charge on any atom is 0.321 e. The number of carbonyl (C=O) groups excluding carboxylic acids is 1. The first-order valence-electron chi connectivity index (χ1n) is 9.27. The molecule has 27 heavy (non-hydrogen) atoms. The lowest BCUT2D eigenvalue weighted by Gasteiger charge is -2.36. The van der Waals surface area contributed by atoms with Crippen molar-refractivity contribution in [3.63, 3.8) is 0 Å². The fourth-order valence-electron chi connectivity index (χ4n) is 3.34. The molecular weight excluding hydrogens is 342 g/mol. The van der Waals surface area contributed by atoms with Crippen molar-refractivity contribution in [1.82, 2.24) is 4.90 Å². The van der Waals surface area contributed by atoms with Crippen molar-refractivity contribution in [3.05, 3.63) is 48.0 Å². The Morgan fingerprint density at radius 2 is 1.78 bits per heavy atom. The van der Waals surface area contributed by atoms with Gasteiger partial charge < -0.3 is 24.6 Å². The highest BCUT2D eigenvalue weighted by Crippen LogP contribution is 2.33. The van der Waals surface area contributed by atoms with Gasteiger partial charge in [0.05, 0.1) is 19.9 Å². The van der Waals surface area contributed by atoms with E-state index < -0.39 is 0 Å². The number of carbonyl (C=O) groups is 1. The van der Waals surface area contributed by atoms with Gasteiger partial charge >= 0.3 is 6.03 Å². The van der Waals surface area contributed by atoms with E-state index >= 15 is 0 Å². The van der Waals surface area contributed by atoms with E-state index in [9.17, 15) is 4.79 Å². The molecule has 1 fully saturated rings. The zero-order chi connectivity index (χ0) is 19.2. The fraction of sp³-hybridized carbons (Fsp3) is 0.381. The Bertz CT molecular complexity index is 786. The number of nitrogens with zero attached hydrogens (tertiary/aromatic N) is 2. The van der Waals surface area contributed by atoms with Gasteiger partial charge in [-0.05, 0) is 30.2 Å². The minimum absolute atomic E-state index is 0.0480. The largest absolute Gasteiger partial charge is 0.497 e. The second kappa shape index (κ2) is 8.66. The number of aryl methyl sites for hydroxylation is 1. The SMILES string of the molecule is CCc1ccccc1NC(=O)N1CCN(c2cc(OC)ccc2OC)CC1. The molecule has 2 aromatic rings. The number of hydrogen-bond acceptors (Lipinski definition) is 4. The van der Waals surface area contributed by atoms with Gasteiger partial charge in [0.1, 0.15) is 11.5 Å². The molecule has 2 aromatic carbocycles. The van der Waals surface area contributed by atoms with E-state index in [2.05, 4.69) is 17.1 Å². The molecule has 0 unspecified atom stereocenters. The summed E-state index contributed by atoms with van der Waals surface area (Å²) in [6.45, 7) is 4.88. The van der Waals surface area contributed by atoms with Crippen molar-refractivity contribution in [2.24, 2.45) is 0 Å². The second-order valence-corrected chi connectivity index (χ2v) is 6.45. The average Bonchev–Trinajstić information content (AvgIpc) is 2.73. The Balaban J connectivity index is 1.64. The lowest BCUT2D eigenvalue weighted by atomic mass is 10.1. The molecule has 0 bridgehead atoms. The predicted molar refractivity (Wildman–Crippen MR) is 108 cm³/mol. The molecule has 144 valence electrons. The summed E-state index contributed by atoms with van der Waals surface area (Å²) in [5.41, 5.74) is 3.03. The third-order valence-electron chi connectivity index (χ3n) is 4.93. The fourth-order valence-corrected chi connectivity index (χ4v) is 3.34. The summed E-state index contributed by atoms with van der Waals surface area (Å²) in [6, 6.07) is 13.7. The smallest absolute Gasteiger partial charge is 0.321 e. The van der Waals surface area contributed by atoms with Crippen molar-refractivity contribution in [3.8, 4) is 11.5 Å². The van der Waals surface area contributed by atoms with Crippen molar-refractivity contribution < 1.29 is 14.3 Å². The molecule has 0 atom stereocenters. The van der Waals surface area contributed by atoms with Crippen molar-refractivity contribution in [2.45, 2.75) is 13.3 Å². The first-order chi connectivity index (χ1) is 13.2. The van der Waals surface area contributed by atoms with Crippen LogP contribution < -0.4 is 19.7 Å². The van der Waals surface area contributed by atoms with E-state index in [1.54, 1.807) is 14.2 Å². The average molecular weight is 369 g/mol. The molecule has 3 rings (SSSR count). The van der Waals surface area contributed by atoms with Crippen LogP contribution in [0.15, 0.2) is 42.5 Å². The summed E-state index contributed by atoms with van der Waals surface area (Å²) < 4.78 is 10.8. The van der Waals surface area contributed by atoms with Crippen LogP contribution in [-0.4, -0.2) is 51.3 Å². The van der Waals surface area contributed by atoms with Crippen LogP contribution in [0.25, 0.3) is 0 Å². The number of hydrogen-bond donors (Lipinski definition) is 1. The summed E-state index contributed by atoms with van der Waals surface area (Å²) in [7, 11) is 3.32. The number of ether oxygens (including phenoxy) is 2. The third kappa shape index (κ3) is 4.27. The minimum Gasteiger partial charge on any atom is -0.497 e. The number of urea groups is 1. The van der Waals surface area contributed by atoms with Crippen LogP contribution in [-0.2, 0) is 6.42 Å². The minimum atomic E-state index is -0.0480. The third-order valence-corrected chi connectivity index (χ3v) is 4.93. The van der Waals surface area contributed by atoms with Gasteiger partial charge in [0.15, 0.2) is 0 Å². The van der Waals surface area contributed by atoms with Crippen molar-refractivity contribution in [1.29, 1.82) is 0 Å². The Labute approximate surface area is 160 Å². The van der Waals surface area contributed by atoms with Crippen LogP contribution in [0.5, 0.6) is 11.5 Å². The summed E-state index contributed by atoms with van der Waals surface area (Å²) >= 11 is 0. The monoisotopic (exact) mass is 369 g/mol. The summed E-state index contributed by atoms with van der Waals surface area (Å²) in [5.74, 6) is 1.60. The van der Waals surface area contributed by atoms with Crippen LogP contribution >= 0.6 is 0 Å². The zero-order valence-electron chi connectivity index (χ0n) is 16.2. The van der Waals surface area contributed by atoms with Crippen molar-refractivity contribution in [2.75, 3.05) is 50.6 Å². The summed E-state index contributed by atoms with van der Waals surface area (Å²) in [4.78, 5) is 16.7. The molecular formula is C21H27N3O3. The molecule has 0 saturated carbocycles. The molecule has 6 heteroatoms. The Morgan fingerprint density at radius 1 is 1.04 bits per heavy atom. The molecule has 2 amide bonds. The molecule has 1 heterocycles. The van der Waals surface area contributed by atoms with Gasteiger partial charge in [-0.25, -0.2) is 4.79 Å². The van der Waals surface area contributed by atoms with Crippen LogP contribution in [0.4, 0.5) is 16.2 Å². The number of anilines is 2. The molecule has 1 saturated heterocycles. The lowest BCUT2D eigenvalue weighted by Crippen LogP contribution is -2.50. The highest BCUT2D eigenvalue weighted by Gasteiger charge is 2.23. The van der Waals surface area contributed by atoms with Gasteiger partial charge in [0, 0.05) is 37.9 Å². The van der Waals surface area contributed by atoms with Crippen LogP contribution in [0.3, 0.4) is 0 Å². The Kier molecular flexibility index (Phi) is 6.06. The highest BCUT2D eigenvalue weighted by molar-refractivity contribution is 5.90. The van der Waals surface area contributed by atoms with Gasteiger partial charge in [-0.1, -0.05) is 25.1 Å². The number of methoxy groups -OCH3 is 2.